The van der Waals surface area contributed by atoms with E-state index in [1.165, 1.54) is 25.7 Å². The van der Waals surface area contributed by atoms with Gasteiger partial charge in [-0.2, -0.15) is 0 Å². The van der Waals surface area contributed by atoms with Crippen molar-refractivity contribution in [1.82, 2.24) is 10.2 Å². The second kappa shape index (κ2) is 7.74. The van der Waals surface area contributed by atoms with Gasteiger partial charge in [-0.05, 0) is 51.1 Å². The van der Waals surface area contributed by atoms with Gasteiger partial charge in [0, 0.05) is 19.7 Å². The van der Waals surface area contributed by atoms with Gasteiger partial charge in [0.2, 0.25) is 0 Å². The van der Waals surface area contributed by atoms with Crippen LogP contribution in [0.1, 0.15) is 46.0 Å². The van der Waals surface area contributed by atoms with E-state index in [4.69, 9.17) is 4.74 Å². The molecular formula is C16H32N2O2. The molecule has 0 spiro atoms. The zero-order chi connectivity index (χ0) is 14.4. The van der Waals surface area contributed by atoms with Crippen LogP contribution in [0.4, 0.5) is 0 Å². The second-order valence-corrected chi connectivity index (χ2v) is 6.49. The predicted octanol–water partition coefficient (Wildman–Crippen LogP) is 1.63. The van der Waals surface area contributed by atoms with Crippen LogP contribution in [-0.4, -0.2) is 61.0 Å². The number of aliphatic hydroxyl groups excluding tert-OH is 1. The minimum absolute atomic E-state index is 0.0819. The molecule has 2 rings (SSSR count). The zero-order valence-electron chi connectivity index (χ0n) is 13.2. The maximum absolute atomic E-state index is 9.94. The Labute approximate surface area is 123 Å². The van der Waals surface area contributed by atoms with Crippen LogP contribution in [-0.2, 0) is 4.74 Å². The molecule has 0 radical (unpaired) electrons. The highest BCUT2D eigenvalue weighted by Gasteiger charge is 2.45. The van der Waals surface area contributed by atoms with Crippen LogP contribution in [0, 0.1) is 5.92 Å². The van der Waals surface area contributed by atoms with Crippen LogP contribution < -0.4 is 5.32 Å². The molecule has 1 saturated carbocycles. The maximum Gasteiger partial charge on any atom is 0.0702 e. The number of piperidine rings is 1. The smallest absolute Gasteiger partial charge is 0.0702 e. The summed E-state index contributed by atoms with van der Waals surface area (Å²) < 4.78 is 5.92. The van der Waals surface area contributed by atoms with Gasteiger partial charge in [-0.1, -0.05) is 13.8 Å². The van der Waals surface area contributed by atoms with Gasteiger partial charge in [0.1, 0.15) is 0 Å². The largest absolute Gasteiger partial charge is 0.394 e. The summed E-state index contributed by atoms with van der Waals surface area (Å²) in [5, 5.41) is 13.5. The zero-order valence-corrected chi connectivity index (χ0v) is 13.2. The third-order valence-corrected chi connectivity index (χ3v) is 4.70. The Balaban J connectivity index is 1.88. The molecule has 0 aromatic heterocycles. The summed E-state index contributed by atoms with van der Waals surface area (Å²) in [4.78, 5) is 2.50. The lowest BCUT2D eigenvalue weighted by Crippen LogP contribution is -2.59. The van der Waals surface area contributed by atoms with Gasteiger partial charge >= 0.3 is 0 Å². The predicted molar refractivity (Wildman–Crippen MR) is 81.9 cm³/mol. The molecule has 0 aromatic rings. The van der Waals surface area contributed by atoms with E-state index in [2.05, 4.69) is 24.1 Å². The Morgan fingerprint density at radius 1 is 1.30 bits per heavy atom. The summed E-state index contributed by atoms with van der Waals surface area (Å²) in [5.41, 5.74) is -0.0819. The number of likely N-dealkylation sites (N-methyl/N-ethyl adjacent to an activating group) is 1. The molecule has 0 aromatic carbocycles. The standard InChI is InChI=1S/C16H32N2O2/c1-3-10-20-15-6-5-9-18(11-15)12-16(13-19,17-4-2)14-7-8-14/h14-15,17,19H,3-13H2,1-2H3. The molecule has 1 heterocycles. The van der Waals surface area contributed by atoms with Gasteiger partial charge in [-0.25, -0.2) is 0 Å². The van der Waals surface area contributed by atoms with Crippen molar-refractivity contribution in [2.45, 2.75) is 57.6 Å². The summed E-state index contributed by atoms with van der Waals surface area (Å²) in [6.45, 7) is 9.49. The maximum atomic E-state index is 9.94. The fraction of sp³-hybridized carbons (Fsp3) is 1.00. The minimum atomic E-state index is -0.0819. The first kappa shape index (κ1) is 16.2. The summed E-state index contributed by atoms with van der Waals surface area (Å²) in [6, 6.07) is 0. The number of hydrogen-bond acceptors (Lipinski definition) is 4. The summed E-state index contributed by atoms with van der Waals surface area (Å²) in [5.74, 6) is 0.657. The van der Waals surface area contributed by atoms with Crippen molar-refractivity contribution in [3.05, 3.63) is 0 Å². The van der Waals surface area contributed by atoms with Crippen molar-refractivity contribution >= 4 is 0 Å². The Bertz CT molecular complexity index is 284. The van der Waals surface area contributed by atoms with Crippen molar-refractivity contribution in [3.8, 4) is 0 Å². The van der Waals surface area contributed by atoms with Crippen LogP contribution in [0.5, 0.6) is 0 Å². The molecule has 0 bridgehead atoms. The molecule has 4 heteroatoms. The number of aliphatic hydroxyl groups is 1. The molecule has 1 aliphatic carbocycles. The first-order chi connectivity index (χ1) is 9.74. The molecule has 4 nitrogen and oxygen atoms in total. The molecule has 1 aliphatic heterocycles. The molecule has 0 amide bonds. The van der Waals surface area contributed by atoms with E-state index in [0.717, 1.165) is 39.2 Å². The Kier molecular flexibility index (Phi) is 6.27. The Morgan fingerprint density at radius 3 is 2.70 bits per heavy atom. The molecule has 2 aliphatic rings. The van der Waals surface area contributed by atoms with Crippen LogP contribution in [0.2, 0.25) is 0 Å². The van der Waals surface area contributed by atoms with Crippen molar-refractivity contribution in [1.29, 1.82) is 0 Å². The van der Waals surface area contributed by atoms with E-state index in [9.17, 15) is 5.11 Å². The Morgan fingerprint density at radius 2 is 2.10 bits per heavy atom. The third-order valence-electron chi connectivity index (χ3n) is 4.70. The monoisotopic (exact) mass is 284 g/mol. The van der Waals surface area contributed by atoms with Crippen molar-refractivity contribution in [3.63, 3.8) is 0 Å². The molecule has 2 fully saturated rings. The van der Waals surface area contributed by atoms with Gasteiger partial charge in [0.15, 0.2) is 0 Å². The number of ether oxygens (including phenoxy) is 1. The number of likely N-dealkylation sites (tertiary alicyclic amines) is 1. The number of hydrogen-bond donors (Lipinski definition) is 2. The highest BCUT2D eigenvalue weighted by molar-refractivity contribution is 5.03. The van der Waals surface area contributed by atoms with E-state index in [1.54, 1.807) is 0 Å². The SMILES string of the molecule is CCCOC1CCCN(CC(CO)(NCC)C2CC2)C1. The highest BCUT2D eigenvalue weighted by Crippen LogP contribution is 2.40. The summed E-state index contributed by atoms with van der Waals surface area (Å²) in [7, 11) is 0. The van der Waals surface area contributed by atoms with Gasteiger partial charge < -0.3 is 15.2 Å². The molecule has 2 unspecified atom stereocenters. The van der Waals surface area contributed by atoms with Crippen molar-refractivity contribution < 1.29 is 9.84 Å². The normalized spacial score (nSPS) is 27.4. The molecule has 2 atom stereocenters. The van der Waals surface area contributed by atoms with Crippen LogP contribution in [0.25, 0.3) is 0 Å². The van der Waals surface area contributed by atoms with Crippen molar-refractivity contribution in [2.24, 2.45) is 5.92 Å². The number of nitrogens with zero attached hydrogens (tertiary/aromatic N) is 1. The molecular weight excluding hydrogens is 252 g/mol. The van der Waals surface area contributed by atoms with Gasteiger partial charge in [-0.3, -0.25) is 4.90 Å². The lowest BCUT2D eigenvalue weighted by Gasteiger charge is -2.41. The second-order valence-electron chi connectivity index (χ2n) is 6.49. The quantitative estimate of drug-likeness (QED) is 0.675. The fourth-order valence-electron chi connectivity index (χ4n) is 3.53. The summed E-state index contributed by atoms with van der Waals surface area (Å²) in [6.07, 6.45) is 6.41. The fourth-order valence-corrected chi connectivity index (χ4v) is 3.53. The van der Waals surface area contributed by atoms with E-state index >= 15 is 0 Å². The van der Waals surface area contributed by atoms with Crippen LogP contribution in [0.15, 0.2) is 0 Å². The average Bonchev–Trinajstić information content (AvgIpc) is 3.30. The molecule has 1 saturated heterocycles. The van der Waals surface area contributed by atoms with E-state index in [1.807, 2.05) is 0 Å². The summed E-state index contributed by atoms with van der Waals surface area (Å²) >= 11 is 0. The van der Waals surface area contributed by atoms with E-state index in [0.29, 0.717) is 12.0 Å². The van der Waals surface area contributed by atoms with Gasteiger partial charge in [0.05, 0.1) is 18.2 Å². The van der Waals surface area contributed by atoms with Crippen molar-refractivity contribution in [2.75, 3.05) is 39.4 Å². The topological polar surface area (TPSA) is 44.7 Å². The molecule has 118 valence electrons. The minimum Gasteiger partial charge on any atom is -0.394 e. The average molecular weight is 284 g/mol. The lowest BCUT2D eigenvalue weighted by atomic mass is 9.92. The first-order valence-corrected chi connectivity index (χ1v) is 8.44. The molecule has 2 N–H and O–H groups in total. The number of rotatable bonds is 9. The van der Waals surface area contributed by atoms with E-state index < -0.39 is 0 Å². The highest BCUT2D eigenvalue weighted by atomic mass is 16.5. The van der Waals surface area contributed by atoms with Crippen LogP contribution in [0.3, 0.4) is 0 Å². The lowest BCUT2D eigenvalue weighted by molar-refractivity contribution is -0.0143. The van der Waals surface area contributed by atoms with Gasteiger partial charge in [-0.15, -0.1) is 0 Å². The number of nitrogens with one attached hydrogen (secondary N) is 1. The van der Waals surface area contributed by atoms with Gasteiger partial charge in [0.25, 0.3) is 0 Å². The van der Waals surface area contributed by atoms with E-state index in [-0.39, 0.29) is 12.1 Å². The Hall–Kier alpha value is -0.160. The first-order valence-electron chi connectivity index (χ1n) is 8.44. The van der Waals surface area contributed by atoms with Crippen LogP contribution >= 0.6 is 0 Å². The molecule has 20 heavy (non-hydrogen) atoms. The third kappa shape index (κ3) is 4.17.